The summed E-state index contributed by atoms with van der Waals surface area (Å²) >= 11 is 12.5. The highest BCUT2D eigenvalue weighted by Gasteiger charge is 2.20. The minimum Gasteiger partial charge on any atom is -0.469 e. The van der Waals surface area contributed by atoms with Crippen molar-refractivity contribution >= 4 is 58.2 Å². The molecule has 2 aromatic carbocycles. The van der Waals surface area contributed by atoms with Crippen molar-refractivity contribution in [2.75, 3.05) is 57.9 Å². The Kier molecular flexibility index (Phi) is 13.4. The maximum Gasteiger partial charge on any atom is 0.310 e. The minimum absolute atomic E-state index is 0.0186. The summed E-state index contributed by atoms with van der Waals surface area (Å²) in [7, 11) is 9.89. The summed E-state index contributed by atoms with van der Waals surface area (Å²) in [6.45, 7) is 0. The van der Waals surface area contributed by atoms with Crippen LogP contribution in [0.15, 0.2) is 48.5 Å². The van der Waals surface area contributed by atoms with E-state index in [1.54, 1.807) is 36.0 Å². The quantitative estimate of drug-likeness (QED) is 0.0761. The number of nitrogens with zero attached hydrogens (tertiary/aromatic N) is 7. The molecule has 48 heavy (non-hydrogen) atoms. The predicted octanol–water partition coefficient (Wildman–Crippen LogP) is 4.50. The molecule has 2 aromatic heterocycles. The molecule has 4 rings (SSSR count). The standard InChI is InChI=1S/C16H17ClN4O4.C16H19ClN4O2/c1-20(2)16-12(9-14(22)25-3)15(17)18-13(19-16)8-10-4-6-11(7-5-10)21(23)24;1-21(2)16-12(9-14(22)23-3)15(17)19-13(20-16)8-10-4-6-11(18)7-5-10/h4-7H,8-9H2,1-3H3;4-7H,8-9,18H2,1-3H3. The van der Waals surface area contributed by atoms with Crippen molar-refractivity contribution in [3.63, 3.8) is 0 Å². The lowest BCUT2D eigenvalue weighted by Crippen LogP contribution is -2.18. The zero-order valence-corrected chi connectivity index (χ0v) is 28.9. The van der Waals surface area contributed by atoms with Crippen LogP contribution >= 0.6 is 23.2 Å². The number of methoxy groups -OCH3 is 2. The van der Waals surface area contributed by atoms with Gasteiger partial charge in [0.15, 0.2) is 0 Å². The van der Waals surface area contributed by atoms with Gasteiger partial charge in [-0.1, -0.05) is 47.5 Å². The zero-order valence-electron chi connectivity index (χ0n) is 27.4. The average molecular weight is 700 g/mol. The summed E-state index contributed by atoms with van der Waals surface area (Å²) < 4.78 is 9.37. The van der Waals surface area contributed by atoms with Gasteiger partial charge in [-0.15, -0.1) is 0 Å². The maximum absolute atomic E-state index is 11.6. The normalized spacial score (nSPS) is 10.4. The number of nitrogen functional groups attached to an aromatic ring is 1. The van der Waals surface area contributed by atoms with E-state index in [-0.39, 0.29) is 34.8 Å². The molecule has 4 aromatic rings. The Morgan fingerprint density at radius 2 is 1.10 bits per heavy atom. The smallest absolute Gasteiger partial charge is 0.310 e. The van der Waals surface area contributed by atoms with Crippen LogP contribution in [-0.2, 0) is 44.7 Å². The predicted molar refractivity (Wildman–Crippen MR) is 184 cm³/mol. The Morgan fingerprint density at radius 3 is 1.44 bits per heavy atom. The third-order valence-corrected chi connectivity index (χ3v) is 7.38. The van der Waals surface area contributed by atoms with E-state index in [0.29, 0.717) is 52.9 Å². The molecule has 0 aliphatic heterocycles. The number of benzene rings is 2. The maximum atomic E-state index is 11.6. The Balaban J connectivity index is 0.000000261. The van der Waals surface area contributed by atoms with Gasteiger partial charge in [-0.3, -0.25) is 19.7 Å². The molecule has 0 atom stereocenters. The molecule has 16 heteroatoms. The number of hydrogen-bond acceptors (Lipinski definition) is 13. The van der Waals surface area contributed by atoms with E-state index in [0.717, 1.165) is 11.1 Å². The van der Waals surface area contributed by atoms with Gasteiger partial charge in [0, 0.05) is 70.0 Å². The average Bonchev–Trinajstić information content (AvgIpc) is 3.04. The molecule has 0 unspecified atom stereocenters. The molecule has 0 saturated heterocycles. The molecule has 2 N–H and O–H groups in total. The number of hydrogen-bond donors (Lipinski definition) is 1. The number of nitro benzene ring substituents is 1. The molecular weight excluding hydrogens is 663 g/mol. The number of nitrogens with two attached hydrogens (primary N) is 1. The van der Waals surface area contributed by atoms with Crippen LogP contribution in [0.1, 0.15) is 33.9 Å². The lowest BCUT2D eigenvalue weighted by Gasteiger charge is -2.17. The number of esters is 2. The van der Waals surface area contributed by atoms with Crippen LogP contribution < -0.4 is 15.5 Å². The van der Waals surface area contributed by atoms with Crippen LogP contribution in [0.3, 0.4) is 0 Å². The van der Waals surface area contributed by atoms with E-state index >= 15 is 0 Å². The first kappa shape index (κ1) is 37.4. The highest BCUT2D eigenvalue weighted by molar-refractivity contribution is 6.31. The van der Waals surface area contributed by atoms with Crippen LogP contribution in [0.5, 0.6) is 0 Å². The van der Waals surface area contributed by atoms with Gasteiger partial charge < -0.3 is 25.0 Å². The molecule has 0 spiro atoms. The lowest BCUT2D eigenvalue weighted by atomic mass is 10.1. The van der Waals surface area contributed by atoms with Gasteiger partial charge in [-0.05, 0) is 23.3 Å². The molecule has 254 valence electrons. The molecule has 0 aliphatic rings. The van der Waals surface area contributed by atoms with Crippen LogP contribution in [-0.4, -0.2) is 79.2 Å². The van der Waals surface area contributed by atoms with Crippen LogP contribution in [0.2, 0.25) is 10.3 Å². The third-order valence-electron chi connectivity index (χ3n) is 6.76. The van der Waals surface area contributed by atoms with Crippen LogP contribution in [0.4, 0.5) is 23.0 Å². The molecule has 0 bridgehead atoms. The van der Waals surface area contributed by atoms with Gasteiger partial charge in [0.1, 0.15) is 33.6 Å². The van der Waals surface area contributed by atoms with Crippen LogP contribution in [0, 0.1) is 10.1 Å². The van der Waals surface area contributed by atoms with Gasteiger partial charge >= 0.3 is 11.9 Å². The zero-order chi connectivity index (χ0) is 35.5. The molecule has 0 radical (unpaired) electrons. The minimum atomic E-state index is -0.455. The van der Waals surface area contributed by atoms with Gasteiger partial charge in [-0.25, -0.2) is 19.9 Å². The Hall–Kier alpha value is -5.08. The van der Waals surface area contributed by atoms with Gasteiger partial charge in [-0.2, -0.15) is 0 Å². The van der Waals surface area contributed by atoms with Crippen molar-refractivity contribution in [1.29, 1.82) is 0 Å². The fourth-order valence-electron chi connectivity index (χ4n) is 4.35. The van der Waals surface area contributed by atoms with Crippen molar-refractivity contribution in [1.82, 2.24) is 19.9 Å². The SMILES string of the molecule is COC(=O)Cc1c(Cl)nc(Cc2ccc(N)cc2)nc1N(C)C.COC(=O)Cc1c(Cl)nc(Cc2ccc([N+](=O)[O-])cc2)nc1N(C)C. The summed E-state index contributed by atoms with van der Waals surface area (Å²) in [5.74, 6) is 1.36. The molecule has 0 saturated carbocycles. The van der Waals surface area contributed by atoms with Crippen molar-refractivity contribution < 1.29 is 24.0 Å². The summed E-state index contributed by atoms with van der Waals surface area (Å²) in [4.78, 5) is 54.4. The van der Waals surface area contributed by atoms with Crippen molar-refractivity contribution in [2.45, 2.75) is 25.7 Å². The number of ether oxygens (including phenoxy) is 2. The fraction of sp³-hybridized carbons (Fsp3) is 0.312. The van der Waals surface area contributed by atoms with Crippen molar-refractivity contribution in [3.05, 3.63) is 103 Å². The van der Waals surface area contributed by atoms with E-state index < -0.39 is 10.9 Å². The van der Waals surface area contributed by atoms with E-state index in [4.69, 9.17) is 33.7 Å². The van der Waals surface area contributed by atoms with Gasteiger partial charge in [0.05, 0.1) is 32.0 Å². The second-order valence-corrected chi connectivity index (χ2v) is 11.5. The highest BCUT2D eigenvalue weighted by atomic mass is 35.5. The number of non-ortho nitro benzene ring substituents is 1. The summed E-state index contributed by atoms with van der Waals surface area (Å²) in [5, 5.41) is 11.2. The number of aromatic nitrogens is 4. The number of halogens is 2. The fourth-order valence-corrected chi connectivity index (χ4v) is 4.84. The topological polar surface area (TPSA) is 180 Å². The van der Waals surface area contributed by atoms with E-state index in [1.165, 1.54) is 26.4 Å². The molecular formula is C32H36Cl2N8O6. The van der Waals surface area contributed by atoms with Gasteiger partial charge in [0.25, 0.3) is 5.69 Å². The molecule has 2 heterocycles. The van der Waals surface area contributed by atoms with Crippen LogP contribution in [0.25, 0.3) is 0 Å². The van der Waals surface area contributed by atoms with E-state index in [2.05, 4.69) is 24.7 Å². The largest absolute Gasteiger partial charge is 0.469 e. The lowest BCUT2D eigenvalue weighted by molar-refractivity contribution is -0.384. The summed E-state index contributed by atoms with van der Waals surface area (Å²) in [6, 6.07) is 13.6. The second-order valence-electron chi connectivity index (χ2n) is 10.8. The Morgan fingerprint density at radius 1 is 0.729 bits per heavy atom. The highest BCUT2D eigenvalue weighted by Crippen LogP contribution is 2.27. The number of anilines is 3. The second kappa shape index (κ2) is 17.2. The Bertz CT molecular complexity index is 1750. The number of carbonyl (C=O) groups excluding carboxylic acids is 2. The molecule has 0 amide bonds. The number of rotatable bonds is 11. The van der Waals surface area contributed by atoms with E-state index in [1.807, 2.05) is 38.4 Å². The Labute approximate surface area is 288 Å². The van der Waals surface area contributed by atoms with Crippen molar-refractivity contribution in [2.24, 2.45) is 0 Å². The van der Waals surface area contributed by atoms with E-state index in [9.17, 15) is 19.7 Å². The first-order valence-corrected chi connectivity index (χ1v) is 15.1. The van der Waals surface area contributed by atoms with Crippen molar-refractivity contribution in [3.8, 4) is 0 Å². The third kappa shape index (κ3) is 10.5. The summed E-state index contributed by atoms with van der Waals surface area (Å²) in [5.41, 5.74) is 9.30. The number of carbonyl (C=O) groups is 2. The molecule has 0 fully saturated rings. The summed E-state index contributed by atoms with van der Waals surface area (Å²) in [6.07, 6.45) is 0.891. The first-order chi connectivity index (χ1) is 22.7. The van der Waals surface area contributed by atoms with Gasteiger partial charge in [0.2, 0.25) is 0 Å². The monoisotopic (exact) mass is 698 g/mol. The number of nitro groups is 1. The molecule has 14 nitrogen and oxygen atoms in total. The first-order valence-electron chi connectivity index (χ1n) is 14.4. The molecule has 0 aliphatic carbocycles.